The molecule has 0 spiro atoms. The molecule has 2 heterocycles. The van der Waals surface area contributed by atoms with Crippen molar-refractivity contribution < 1.29 is 8.42 Å². The van der Waals surface area contributed by atoms with E-state index >= 15 is 0 Å². The number of hydrogen-bond acceptors (Lipinski definition) is 5. The largest absolute Gasteiger partial charge is 0.396 e. The number of fused-ring (bicyclic) bond motifs is 1. The topological polar surface area (TPSA) is 107 Å². The van der Waals surface area contributed by atoms with E-state index in [1.165, 1.54) is 6.26 Å². The van der Waals surface area contributed by atoms with Gasteiger partial charge in [-0.1, -0.05) is 0 Å². The molecular formula is C12H13N5O2S. The predicted molar refractivity (Wildman–Crippen MR) is 74.9 cm³/mol. The van der Waals surface area contributed by atoms with Gasteiger partial charge in [0.2, 0.25) is 0 Å². The van der Waals surface area contributed by atoms with Gasteiger partial charge in [-0.05, 0) is 18.2 Å². The van der Waals surface area contributed by atoms with Crippen molar-refractivity contribution in [1.29, 1.82) is 0 Å². The third kappa shape index (κ3) is 2.37. The number of sulfone groups is 1. The number of aromatic amines is 1. The van der Waals surface area contributed by atoms with E-state index in [4.69, 9.17) is 5.73 Å². The third-order valence-corrected chi connectivity index (χ3v) is 4.01. The highest BCUT2D eigenvalue weighted by Gasteiger charge is 2.10. The molecule has 2 aromatic heterocycles. The minimum absolute atomic E-state index is 0.267. The summed E-state index contributed by atoms with van der Waals surface area (Å²) in [5.41, 5.74) is 7.58. The van der Waals surface area contributed by atoms with Gasteiger partial charge in [0.1, 0.15) is 5.82 Å². The van der Waals surface area contributed by atoms with Crippen LogP contribution in [0.15, 0.2) is 35.5 Å². The van der Waals surface area contributed by atoms with Crippen molar-refractivity contribution in [2.45, 2.75) is 11.4 Å². The maximum absolute atomic E-state index is 11.5. The Kier molecular flexibility index (Phi) is 2.75. The number of benzene rings is 1. The van der Waals surface area contributed by atoms with Gasteiger partial charge in [0.05, 0.1) is 34.4 Å². The van der Waals surface area contributed by atoms with Crippen molar-refractivity contribution in [3.05, 3.63) is 36.4 Å². The fourth-order valence-corrected chi connectivity index (χ4v) is 2.61. The van der Waals surface area contributed by atoms with Gasteiger partial charge >= 0.3 is 0 Å². The lowest BCUT2D eigenvalue weighted by Crippen LogP contribution is -2.01. The number of nitrogen functional groups attached to an aromatic ring is 1. The average molecular weight is 291 g/mol. The zero-order valence-corrected chi connectivity index (χ0v) is 11.6. The van der Waals surface area contributed by atoms with E-state index < -0.39 is 9.84 Å². The predicted octanol–water partition coefficient (Wildman–Crippen LogP) is 0.793. The Morgan fingerprint density at radius 1 is 1.40 bits per heavy atom. The molecule has 0 bridgehead atoms. The molecule has 0 saturated heterocycles. The molecule has 0 unspecified atom stereocenters. The van der Waals surface area contributed by atoms with Crippen LogP contribution in [-0.2, 0) is 16.4 Å². The molecule has 0 radical (unpaired) electrons. The smallest absolute Gasteiger partial charge is 0.175 e. The van der Waals surface area contributed by atoms with E-state index in [2.05, 4.69) is 15.1 Å². The van der Waals surface area contributed by atoms with E-state index in [9.17, 15) is 8.42 Å². The Labute approximate surface area is 115 Å². The molecule has 0 aliphatic carbocycles. The molecule has 8 heteroatoms. The second-order valence-electron chi connectivity index (χ2n) is 4.61. The Morgan fingerprint density at radius 2 is 2.20 bits per heavy atom. The normalized spacial score (nSPS) is 12.1. The first-order chi connectivity index (χ1) is 9.41. The first-order valence-electron chi connectivity index (χ1n) is 5.88. The first kappa shape index (κ1) is 12.7. The van der Waals surface area contributed by atoms with Crippen molar-refractivity contribution >= 4 is 26.6 Å². The highest BCUT2D eigenvalue weighted by Crippen LogP contribution is 2.17. The molecule has 0 saturated carbocycles. The molecule has 0 atom stereocenters. The summed E-state index contributed by atoms with van der Waals surface area (Å²) in [7, 11) is -3.22. The second-order valence-corrected chi connectivity index (χ2v) is 6.62. The monoisotopic (exact) mass is 291 g/mol. The van der Waals surface area contributed by atoms with Crippen LogP contribution in [0, 0.1) is 0 Å². The number of nitrogens with one attached hydrogen (secondary N) is 1. The fraction of sp³-hybridized carbons (Fsp3) is 0.167. The SMILES string of the molecule is CS(=O)(=O)c1ccc2nc(Cn3cc(N)cn3)[nH]c2c1. The zero-order chi connectivity index (χ0) is 14.3. The van der Waals surface area contributed by atoms with Gasteiger partial charge in [0.15, 0.2) is 9.84 Å². The summed E-state index contributed by atoms with van der Waals surface area (Å²) >= 11 is 0. The van der Waals surface area contributed by atoms with Gasteiger partial charge in [-0.15, -0.1) is 0 Å². The van der Waals surface area contributed by atoms with Gasteiger partial charge in [-0.2, -0.15) is 5.10 Å². The number of anilines is 1. The van der Waals surface area contributed by atoms with Crippen molar-refractivity contribution in [1.82, 2.24) is 19.7 Å². The number of aromatic nitrogens is 4. The highest BCUT2D eigenvalue weighted by molar-refractivity contribution is 7.90. The third-order valence-electron chi connectivity index (χ3n) is 2.90. The second kappa shape index (κ2) is 4.34. The highest BCUT2D eigenvalue weighted by atomic mass is 32.2. The van der Waals surface area contributed by atoms with Gasteiger partial charge in [0, 0.05) is 12.5 Å². The van der Waals surface area contributed by atoms with E-state index in [1.54, 1.807) is 35.3 Å². The fourth-order valence-electron chi connectivity index (χ4n) is 1.97. The maximum Gasteiger partial charge on any atom is 0.175 e. The van der Waals surface area contributed by atoms with Gasteiger partial charge in [0.25, 0.3) is 0 Å². The molecule has 1 aromatic carbocycles. The summed E-state index contributed by atoms with van der Waals surface area (Å²) in [5, 5.41) is 4.07. The van der Waals surface area contributed by atoms with Crippen molar-refractivity contribution in [3.8, 4) is 0 Å². The van der Waals surface area contributed by atoms with Crippen LogP contribution in [0.25, 0.3) is 11.0 Å². The summed E-state index contributed by atoms with van der Waals surface area (Å²) in [6, 6.07) is 4.82. The van der Waals surface area contributed by atoms with Crippen molar-refractivity contribution in [2.24, 2.45) is 0 Å². The molecular weight excluding hydrogens is 278 g/mol. The minimum atomic E-state index is -3.22. The van der Waals surface area contributed by atoms with Crippen LogP contribution in [0.5, 0.6) is 0 Å². The summed E-state index contributed by atoms with van der Waals surface area (Å²) in [4.78, 5) is 7.74. The molecule has 3 rings (SSSR count). The lowest BCUT2D eigenvalue weighted by Gasteiger charge is -1.96. The summed E-state index contributed by atoms with van der Waals surface area (Å²) in [6.45, 7) is 0.445. The van der Waals surface area contributed by atoms with Crippen LogP contribution in [0.2, 0.25) is 0 Å². The Hall–Kier alpha value is -2.35. The molecule has 3 aromatic rings. The lowest BCUT2D eigenvalue weighted by atomic mass is 10.3. The standard InChI is InChI=1S/C12H13N5O2S/c1-20(18,19)9-2-3-10-11(4-9)16-12(15-10)7-17-6-8(13)5-14-17/h2-6H,7,13H2,1H3,(H,15,16). The Morgan fingerprint density at radius 3 is 2.85 bits per heavy atom. The minimum Gasteiger partial charge on any atom is -0.396 e. The number of H-pyrrole nitrogens is 1. The van der Waals surface area contributed by atoms with Crippen LogP contribution in [0.4, 0.5) is 5.69 Å². The van der Waals surface area contributed by atoms with Crippen molar-refractivity contribution in [3.63, 3.8) is 0 Å². The summed E-state index contributed by atoms with van der Waals surface area (Å²) < 4.78 is 24.7. The van der Waals surface area contributed by atoms with Crippen LogP contribution in [0.3, 0.4) is 0 Å². The maximum atomic E-state index is 11.5. The Balaban J connectivity index is 1.98. The summed E-state index contributed by atoms with van der Waals surface area (Å²) in [6.07, 6.45) is 4.44. The van der Waals surface area contributed by atoms with Crippen LogP contribution < -0.4 is 5.73 Å². The molecule has 3 N–H and O–H groups in total. The molecule has 0 aliphatic heterocycles. The number of nitrogens with two attached hydrogens (primary N) is 1. The van der Waals surface area contributed by atoms with E-state index in [0.717, 1.165) is 0 Å². The molecule has 104 valence electrons. The first-order valence-corrected chi connectivity index (χ1v) is 7.77. The molecule has 20 heavy (non-hydrogen) atoms. The number of hydrogen-bond donors (Lipinski definition) is 2. The number of nitrogens with zero attached hydrogens (tertiary/aromatic N) is 3. The quantitative estimate of drug-likeness (QED) is 0.742. The van der Waals surface area contributed by atoms with Crippen LogP contribution >= 0.6 is 0 Å². The van der Waals surface area contributed by atoms with Crippen molar-refractivity contribution in [2.75, 3.05) is 12.0 Å². The average Bonchev–Trinajstić information content (AvgIpc) is 2.93. The van der Waals surface area contributed by atoms with E-state index in [1.807, 2.05) is 0 Å². The lowest BCUT2D eigenvalue weighted by molar-refractivity contribution is 0.602. The van der Waals surface area contributed by atoms with Gasteiger partial charge in [-0.3, -0.25) is 4.68 Å². The van der Waals surface area contributed by atoms with Crippen LogP contribution in [0.1, 0.15) is 5.82 Å². The molecule has 0 fully saturated rings. The zero-order valence-electron chi connectivity index (χ0n) is 10.7. The molecule has 7 nitrogen and oxygen atoms in total. The number of rotatable bonds is 3. The van der Waals surface area contributed by atoms with E-state index in [0.29, 0.717) is 29.1 Å². The molecule has 0 aliphatic rings. The Bertz CT molecular complexity index is 878. The van der Waals surface area contributed by atoms with Gasteiger partial charge < -0.3 is 10.7 Å². The van der Waals surface area contributed by atoms with Gasteiger partial charge in [-0.25, -0.2) is 13.4 Å². The molecule has 0 amide bonds. The van der Waals surface area contributed by atoms with E-state index in [-0.39, 0.29) is 4.90 Å². The van der Waals surface area contributed by atoms with Crippen LogP contribution in [-0.4, -0.2) is 34.4 Å². The number of imidazole rings is 1. The summed E-state index contributed by atoms with van der Waals surface area (Å²) in [5.74, 6) is 0.689.